The van der Waals surface area contributed by atoms with Crippen molar-refractivity contribution in [2.75, 3.05) is 21.3 Å². The van der Waals surface area contributed by atoms with Crippen molar-refractivity contribution in [2.45, 2.75) is 193 Å². The summed E-state index contributed by atoms with van der Waals surface area (Å²) in [6, 6.07) is 130. The molecule has 0 aromatic heterocycles. The number of carbonyl (C=O) groups is 4. The van der Waals surface area contributed by atoms with E-state index in [1.54, 1.807) is 30.3 Å². The van der Waals surface area contributed by atoms with E-state index >= 15 is 0 Å². The Morgan fingerprint density at radius 1 is 0.236 bits per heavy atom. The monoisotopic (exact) mass is 1840 g/mol. The topological polar surface area (TPSA) is 135 Å². The molecule has 2 aliphatic carbocycles. The Morgan fingerprint density at radius 3 is 0.714 bits per heavy atom. The molecule has 16 aromatic carbocycles. The Labute approximate surface area is 827 Å². The number of aryl methyl sites for hydroxylation is 10. The van der Waals surface area contributed by atoms with Crippen molar-refractivity contribution in [1.82, 2.24) is 0 Å². The van der Waals surface area contributed by atoms with Crippen molar-refractivity contribution in [1.29, 1.82) is 0 Å². The fraction of sp³-hybridized carbons (Fsp3) is 0.231. The quantitative estimate of drug-likeness (QED) is 0.0671. The third-order valence-corrected chi connectivity index (χ3v) is 29.8. The lowest BCUT2D eigenvalue weighted by molar-refractivity contribution is 0.101. The number of amides is 4. The fourth-order valence-corrected chi connectivity index (χ4v) is 22.4. The summed E-state index contributed by atoms with van der Waals surface area (Å²) in [5.74, 6) is 0.613. The summed E-state index contributed by atoms with van der Waals surface area (Å²) >= 11 is 0. The molecule has 2 fully saturated rings. The van der Waals surface area contributed by atoms with Gasteiger partial charge in [-0.2, -0.15) is 0 Å². The lowest BCUT2D eigenvalue weighted by atomic mass is 9.64. The van der Waals surface area contributed by atoms with Gasteiger partial charge in [0.05, 0.1) is 10.8 Å². The second kappa shape index (κ2) is 41.3. The highest BCUT2D eigenvalue weighted by atomic mass is 16.5. The first-order valence-electron chi connectivity index (χ1n) is 49.8. The number of anilines is 4. The van der Waals surface area contributed by atoms with Crippen molar-refractivity contribution in [2.24, 2.45) is 0 Å². The molecular formula is C130H126N4O6. The van der Waals surface area contributed by atoms with Gasteiger partial charge in [-0.3, -0.25) is 19.2 Å². The molecule has 140 heavy (non-hydrogen) atoms. The van der Waals surface area contributed by atoms with Crippen LogP contribution in [0.3, 0.4) is 0 Å². The lowest BCUT2D eigenvalue weighted by Crippen LogP contribution is -2.31. The summed E-state index contributed by atoms with van der Waals surface area (Å²) in [5, 5.41) is 13.0. The van der Waals surface area contributed by atoms with E-state index in [2.05, 4.69) is 425 Å². The van der Waals surface area contributed by atoms with Gasteiger partial charge in [0, 0.05) is 55.8 Å². The number of hydrogen-bond acceptors (Lipinski definition) is 6. The Balaban J connectivity index is 0.000000186. The summed E-state index contributed by atoms with van der Waals surface area (Å²) in [4.78, 5) is 57.3. The minimum Gasteiger partial charge on any atom is -0.489 e. The standard InChI is InChI=1S/C66H54O2.C64H72N4O4/c1-7-19-55(20-8-1)65(56-21-9-2-10-22-56,57-23-11-3-12-24-57)61-41-45-63(46-42-61)67-49-53-37-33-51(34-38-53)31-32-52-35-39-54(40-36-52)50-68-64-47-43-62(44-48-64)66(58-25-13-4-14-26-58,59-27-15-5-16-28-59)60-29-17-6-18-30-60;1-37-25-50-26-38(2)54(37)65-58(69)45-19-18-20-46(33-45)59(70)66-55-39(3)27-51(28-40(55)4)64(23-16-13-17-24-64)53-31-43(7)57(44(8)32-53)68-61(72)48-34-47(35-49(36-48)62(9,10)11)60(71)67-56-41(5)29-52(30-42(56)6)63(50)21-14-12-15-22-63/h1-30,33-48H,31-32,49-50H2;18-20,25-36H,12-17,21-24H2,1-11H3,(H,65,69)(H,66,70)(H,67,71)(H,68,72). The smallest absolute Gasteiger partial charge is 0.255 e. The second-order valence-electron chi connectivity index (χ2n) is 40.1. The van der Waals surface area contributed by atoms with Crippen LogP contribution in [0.15, 0.2) is 370 Å². The first kappa shape index (κ1) is 95.3. The number of ether oxygens (including phenoxy) is 2. The third kappa shape index (κ3) is 19.8. The van der Waals surface area contributed by atoms with Crippen LogP contribution in [0.2, 0.25) is 0 Å². The van der Waals surface area contributed by atoms with E-state index in [9.17, 15) is 19.2 Å². The van der Waals surface area contributed by atoms with E-state index in [-0.39, 0.29) is 39.9 Å². The molecule has 702 valence electrons. The van der Waals surface area contributed by atoms with E-state index in [0.29, 0.717) is 35.5 Å². The van der Waals surface area contributed by atoms with Crippen LogP contribution in [0.4, 0.5) is 22.7 Å². The molecule has 4 N–H and O–H groups in total. The summed E-state index contributed by atoms with van der Waals surface area (Å²) in [6.45, 7) is 23.8. The molecule has 0 saturated heterocycles. The molecule has 28 rings (SSSR count). The minimum absolute atomic E-state index is 0.261. The number of benzene rings is 16. The third-order valence-electron chi connectivity index (χ3n) is 29.8. The van der Waals surface area contributed by atoms with Gasteiger partial charge in [-0.25, -0.2) is 0 Å². The number of nitrogens with one attached hydrogen (secondary N) is 4. The van der Waals surface area contributed by atoms with Gasteiger partial charge in [-0.1, -0.05) is 369 Å². The van der Waals surface area contributed by atoms with Gasteiger partial charge in [-0.15, -0.1) is 0 Å². The molecule has 10 heteroatoms. The van der Waals surface area contributed by atoms with Crippen LogP contribution in [-0.4, -0.2) is 23.6 Å². The molecule has 2 saturated carbocycles. The van der Waals surface area contributed by atoms with Crippen LogP contribution < -0.4 is 30.7 Å². The van der Waals surface area contributed by atoms with Crippen LogP contribution in [-0.2, 0) is 53.1 Å². The predicted octanol–water partition coefficient (Wildman–Crippen LogP) is 30.7. The maximum Gasteiger partial charge on any atom is 0.255 e. The van der Waals surface area contributed by atoms with Gasteiger partial charge in [0.25, 0.3) is 23.6 Å². The zero-order valence-electron chi connectivity index (χ0n) is 82.6. The molecular weight excluding hydrogens is 1710 g/mol. The van der Waals surface area contributed by atoms with Gasteiger partial charge in [0.15, 0.2) is 0 Å². The van der Waals surface area contributed by atoms with Crippen molar-refractivity contribution >= 4 is 46.4 Å². The lowest BCUT2D eigenvalue weighted by Gasteiger charge is -2.40. The zero-order chi connectivity index (χ0) is 97.3. The van der Waals surface area contributed by atoms with E-state index in [1.165, 1.54) is 90.7 Å². The molecule has 4 amide bonds. The Bertz CT molecular complexity index is 6440. The molecule has 0 unspecified atom stereocenters. The van der Waals surface area contributed by atoms with Gasteiger partial charge in [-0.05, 0) is 299 Å². The molecule has 2 spiro atoms. The summed E-state index contributed by atoms with van der Waals surface area (Å²) in [7, 11) is 0. The van der Waals surface area contributed by atoms with Crippen molar-refractivity contribution in [3.05, 3.63) is 531 Å². The number of hydrogen-bond donors (Lipinski definition) is 4. The number of carbonyl (C=O) groups excluding carboxylic acids is 4. The molecule has 16 aromatic rings. The van der Waals surface area contributed by atoms with E-state index < -0.39 is 10.8 Å². The van der Waals surface area contributed by atoms with Crippen LogP contribution in [0.5, 0.6) is 11.5 Å². The van der Waals surface area contributed by atoms with Crippen molar-refractivity contribution in [3.63, 3.8) is 0 Å². The van der Waals surface area contributed by atoms with Crippen LogP contribution in [0.25, 0.3) is 0 Å². The summed E-state index contributed by atoms with van der Waals surface area (Å²) in [6.07, 6.45) is 12.6. The number of rotatable bonds is 17. The maximum atomic E-state index is 14.5. The molecule has 10 nitrogen and oxygen atoms in total. The molecule has 0 radical (unpaired) electrons. The highest BCUT2D eigenvalue weighted by molar-refractivity contribution is 6.11. The Hall–Kier alpha value is -15.0. The van der Waals surface area contributed by atoms with Gasteiger partial charge < -0.3 is 30.7 Å². The fourth-order valence-electron chi connectivity index (χ4n) is 22.4. The largest absolute Gasteiger partial charge is 0.489 e. The molecule has 10 heterocycles. The normalized spacial score (nSPS) is 14.3. The highest BCUT2D eigenvalue weighted by Gasteiger charge is 2.43. The summed E-state index contributed by atoms with van der Waals surface area (Å²) < 4.78 is 12.7. The van der Waals surface area contributed by atoms with Crippen LogP contribution >= 0.6 is 0 Å². The molecule has 12 bridgehead atoms. The van der Waals surface area contributed by atoms with Gasteiger partial charge in [0.1, 0.15) is 24.7 Å². The van der Waals surface area contributed by atoms with Crippen molar-refractivity contribution < 1.29 is 28.7 Å². The average molecular weight is 1840 g/mol. The van der Waals surface area contributed by atoms with E-state index in [1.807, 2.05) is 12.1 Å². The maximum absolute atomic E-state index is 14.5. The average Bonchev–Trinajstić information content (AvgIpc) is 0.750. The Morgan fingerprint density at radius 2 is 0.464 bits per heavy atom. The highest BCUT2D eigenvalue weighted by Crippen LogP contribution is 2.53. The van der Waals surface area contributed by atoms with E-state index in [0.717, 1.165) is 160 Å². The molecule has 0 atom stereocenters. The second-order valence-corrected chi connectivity index (χ2v) is 40.1. The van der Waals surface area contributed by atoms with Gasteiger partial charge in [0.2, 0.25) is 0 Å². The summed E-state index contributed by atoms with van der Waals surface area (Å²) in [5.41, 5.74) is 31.1. The van der Waals surface area contributed by atoms with E-state index in [4.69, 9.17) is 9.47 Å². The predicted molar refractivity (Wildman–Crippen MR) is 573 cm³/mol. The van der Waals surface area contributed by atoms with Gasteiger partial charge >= 0.3 is 0 Å². The van der Waals surface area contributed by atoms with Crippen LogP contribution in [0.1, 0.15) is 265 Å². The Kier molecular flexibility index (Phi) is 28.2. The SMILES string of the molecule is Cc1cc2cc(C)c1NC(=O)c1cccc(c1)C(=O)Nc1c(C)cc(cc1C)C1(CCCCC1)c1cc(C)c(c(C)c1)NC(=O)c1cc(cc(C(C)(C)C)c1)C(=O)Nc1c(C)cc(cc1C)C21CCCCC1.c1ccc(C(c2ccccc2)(c2ccccc2)c2ccc(OCc3ccc(CCc4ccc(COc5ccc(C(c6ccccc6)(c6ccccc6)c6ccccc6)cc5)cc4)cc3)cc2)cc1. The zero-order valence-corrected chi connectivity index (χ0v) is 82.6. The molecule has 10 aliphatic heterocycles. The van der Waals surface area contributed by atoms with Crippen molar-refractivity contribution in [3.8, 4) is 11.5 Å². The minimum atomic E-state index is -0.478. The first-order valence-corrected chi connectivity index (χ1v) is 49.8. The first-order chi connectivity index (χ1) is 67.9. The molecule has 12 aliphatic rings. The van der Waals surface area contributed by atoms with Crippen LogP contribution in [0, 0.1) is 55.4 Å².